The first-order chi connectivity index (χ1) is 23.9. The van der Waals surface area contributed by atoms with E-state index in [4.69, 9.17) is 14.5 Å². The molecule has 0 aromatic heterocycles. The lowest BCUT2D eigenvalue weighted by atomic mass is 9.90. The number of allylic oxidation sites excluding steroid dienone is 4. The van der Waals surface area contributed by atoms with Crippen LogP contribution >= 0.6 is 0 Å². The molecule has 5 rings (SSSR count). The molecule has 0 radical (unpaired) electrons. The van der Waals surface area contributed by atoms with Gasteiger partial charge in [0.05, 0.1) is 30.5 Å². The van der Waals surface area contributed by atoms with Gasteiger partial charge in [-0.05, 0) is 117 Å². The Labute approximate surface area is 299 Å². The Morgan fingerprint density at radius 3 is 1.86 bits per heavy atom. The molecule has 0 spiro atoms. The number of ether oxygens (including phenoxy) is 2. The Hall–Kier alpha value is -5.01. The Morgan fingerprint density at radius 1 is 0.706 bits per heavy atom. The van der Waals surface area contributed by atoms with Crippen LogP contribution in [0.2, 0.25) is 0 Å². The summed E-state index contributed by atoms with van der Waals surface area (Å²) in [5.74, 6) is 0.805. The van der Waals surface area contributed by atoms with Crippen LogP contribution in [0.4, 0.5) is 17.1 Å². The highest BCUT2D eigenvalue weighted by Gasteiger charge is 2.26. The second-order valence-corrected chi connectivity index (χ2v) is 15.4. The summed E-state index contributed by atoms with van der Waals surface area (Å²) >= 11 is 0. The van der Waals surface area contributed by atoms with Crippen molar-refractivity contribution in [3.8, 4) is 5.75 Å². The number of methoxy groups -OCH3 is 2. The maximum absolute atomic E-state index is 12.8. The molecular weight excluding hydrogens is 689 g/mol. The number of hydrogen-bond donors (Lipinski definition) is 3. The van der Waals surface area contributed by atoms with E-state index < -0.39 is 30.0 Å². The van der Waals surface area contributed by atoms with E-state index in [1.807, 2.05) is 53.7 Å². The van der Waals surface area contributed by atoms with Crippen molar-refractivity contribution in [3.05, 3.63) is 135 Å². The lowest BCUT2D eigenvalue weighted by Crippen LogP contribution is -2.10. The van der Waals surface area contributed by atoms with Gasteiger partial charge in [-0.25, -0.2) is 4.99 Å². The van der Waals surface area contributed by atoms with E-state index in [-0.39, 0.29) is 5.56 Å². The summed E-state index contributed by atoms with van der Waals surface area (Å²) in [5.41, 5.74) is 10.3. The van der Waals surface area contributed by atoms with Crippen molar-refractivity contribution in [2.45, 2.75) is 51.3 Å². The van der Waals surface area contributed by atoms with Crippen LogP contribution < -0.4 is 10.1 Å². The summed E-state index contributed by atoms with van der Waals surface area (Å²) in [5, 5.41) is 3.46. The van der Waals surface area contributed by atoms with Crippen molar-refractivity contribution in [2.24, 2.45) is 4.99 Å². The van der Waals surface area contributed by atoms with Gasteiger partial charge in [-0.15, -0.1) is 0 Å². The van der Waals surface area contributed by atoms with Gasteiger partial charge in [0.15, 0.2) is 0 Å². The van der Waals surface area contributed by atoms with Crippen LogP contribution in [0.5, 0.6) is 5.75 Å². The number of rotatable bonds is 9. The molecule has 3 N–H and O–H groups in total. The normalized spacial score (nSPS) is 15.1. The quantitative estimate of drug-likeness (QED) is 0.144. The van der Waals surface area contributed by atoms with Gasteiger partial charge in [-0.1, -0.05) is 53.6 Å². The molecule has 10 nitrogen and oxygen atoms in total. The molecule has 0 amide bonds. The van der Waals surface area contributed by atoms with Gasteiger partial charge in [0.2, 0.25) is 0 Å². The number of nitrogens with zero attached hydrogens (tertiary/aromatic N) is 1. The van der Waals surface area contributed by atoms with Gasteiger partial charge in [-0.3, -0.25) is 9.11 Å². The van der Waals surface area contributed by atoms with Crippen molar-refractivity contribution >= 4 is 48.6 Å². The average Bonchev–Trinajstić information content (AvgIpc) is 3.04. The molecule has 4 aromatic carbocycles. The number of anilines is 2. The van der Waals surface area contributed by atoms with E-state index >= 15 is 0 Å². The fourth-order valence-electron chi connectivity index (χ4n) is 6.42. The summed E-state index contributed by atoms with van der Waals surface area (Å²) in [4.78, 5) is 3.48. The minimum atomic E-state index is -5.02. The van der Waals surface area contributed by atoms with Crippen LogP contribution in [0.25, 0.3) is 5.57 Å². The van der Waals surface area contributed by atoms with Crippen LogP contribution in [0.1, 0.15) is 44.5 Å². The van der Waals surface area contributed by atoms with Gasteiger partial charge >= 0.3 is 0 Å². The zero-order valence-electron chi connectivity index (χ0n) is 29.6. The predicted molar refractivity (Wildman–Crippen MR) is 201 cm³/mol. The summed E-state index contributed by atoms with van der Waals surface area (Å²) in [6, 6.07) is 16.5. The molecular formula is C39H40N2O8S2. The lowest BCUT2D eigenvalue weighted by molar-refractivity contribution is 0.315. The Morgan fingerprint density at radius 2 is 1.31 bits per heavy atom. The minimum absolute atomic E-state index is 0.0325. The molecule has 0 aliphatic heterocycles. The van der Waals surface area contributed by atoms with Crippen molar-refractivity contribution in [1.29, 1.82) is 0 Å². The second-order valence-electron chi connectivity index (χ2n) is 12.5. The molecule has 4 aromatic rings. The average molecular weight is 729 g/mol. The number of aryl methyl sites for hydroxylation is 6. The van der Waals surface area contributed by atoms with Crippen molar-refractivity contribution in [1.82, 2.24) is 0 Å². The van der Waals surface area contributed by atoms with Crippen LogP contribution in [-0.2, 0) is 25.0 Å². The van der Waals surface area contributed by atoms with Gasteiger partial charge in [0, 0.05) is 11.3 Å². The molecule has 1 aliphatic rings. The van der Waals surface area contributed by atoms with Crippen LogP contribution in [0, 0.1) is 41.5 Å². The van der Waals surface area contributed by atoms with Gasteiger partial charge in [0.25, 0.3) is 20.2 Å². The standard InChI is InChI=1S/C39H40N2O8S2/c1-22-15-24(3)38(25(4)16-22)40-32-13-9-28(19-34(32)48-7)37(31-12-11-30(50(42,43)44)21-36(31)51(45,46)47)29-10-14-33(35(20-29)49-8)41-39-26(5)17-23(2)18-27(39)6/h9-21,40H,1-8H3,(H,42,43,44)(H,45,46,47). The Balaban J connectivity index is 1.77. The van der Waals surface area contributed by atoms with E-state index in [0.29, 0.717) is 39.6 Å². The number of hydrogen-bond acceptors (Lipinski definition) is 8. The molecule has 266 valence electrons. The third-order valence-electron chi connectivity index (χ3n) is 8.56. The molecule has 0 heterocycles. The molecule has 1 aliphatic carbocycles. The van der Waals surface area contributed by atoms with Gasteiger partial charge in [-0.2, -0.15) is 16.8 Å². The van der Waals surface area contributed by atoms with E-state index in [9.17, 15) is 25.9 Å². The zero-order valence-corrected chi connectivity index (χ0v) is 31.2. The van der Waals surface area contributed by atoms with Crippen LogP contribution in [0.3, 0.4) is 0 Å². The molecule has 0 fully saturated rings. The van der Waals surface area contributed by atoms with E-state index in [1.54, 1.807) is 36.4 Å². The molecule has 0 atom stereocenters. The second kappa shape index (κ2) is 14.3. The fourth-order valence-corrected chi connectivity index (χ4v) is 7.72. The third-order valence-corrected chi connectivity index (χ3v) is 10.3. The van der Waals surface area contributed by atoms with Crippen LogP contribution in [0.15, 0.2) is 105 Å². The maximum Gasteiger partial charge on any atom is 0.295 e. The van der Waals surface area contributed by atoms with Crippen molar-refractivity contribution in [2.75, 3.05) is 19.5 Å². The monoisotopic (exact) mass is 728 g/mol. The summed E-state index contributed by atoms with van der Waals surface area (Å²) in [6.45, 7) is 12.0. The molecule has 0 bridgehead atoms. The smallest absolute Gasteiger partial charge is 0.295 e. The highest BCUT2D eigenvalue weighted by molar-refractivity contribution is 7.86. The first-order valence-electron chi connectivity index (χ1n) is 15.9. The van der Waals surface area contributed by atoms with E-state index in [2.05, 4.69) is 17.4 Å². The molecule has 12 heteroatoms. The summed E-state index contributed by atoms with van der Waals surface area (Å²) in [6.07, 6.45) is 5.16. The van der Waals surface area contributed by atoms with Crippen LogP contribution in [-0.4, -0.2) is 45.9 Å². The zero-order chi connectivity index (χ0) is 37.4. The van der Waals surface area contributed by atoms with Crippen molar-refractivity contribution in [3.63, 3.8) is 0 Å². The van der Waals surface area contributed by atoms with Gasteiger partial charge < -0.3 is 14.8 Å². The minimum Gasteiger partial charge on any atom is -0.495 e. The molecule has 0 saturated carbocycles. The Bertz CT molecular complexity index is 2380. The first kappa shape index (κ1) is 37.3. The largest absolute Gasteiger partial charge is 0.495 e. The predicted octanol–water partition coefficient (Wildman–Crippen LogP) is 8.46. The highest BCUT2D eigenvalue weighted by Crippen LogP contribution is 2.40. The first-order valence-corrected chi connectivity index (χ1v) is 18.8. The molecule has 0 unspecified atom stereocenters. The Kier molecular flexibility index (Phi) is 10.5. The molecule has 0 saturated heterocycles. The maximum atomic E-state index is 12.8. The van der Waals surface area contributed by atoms with E-state index in [1.165, 1.54) is 20.3 Å². The third kappa shape index (κ3) is 7.99. The van der Waals surface area contributed by atoms with Crippen molar-refractivity contribution < 1.29 is 35.4 Å². The summed E-state index contributed by atoms with van der Waals surface area (Å²) < 4.78 is 81.4. The molecule has 51 heavy (non-hydrogen) atoms. The highest BCUT2D eigenvalue weighted by atomic mass is 32.2. The topological polar surface area (TPSA) is 152 Å². The van der Waals surface area contributed by atoms with E-state index in [0.717, 1.165) is 56.9 Å². The van der Waals surface area contributed by atoms with Gasteiger partial charge in [0.1, 0.15) is 22.1 Å². The lowest BCUT2D eigenvalue weighted by Gasteiger charge is -2.21. The number of nitrogens with one attached hydrogen (secondary N) is 1. The fraction of sp³-hybridized carbons (Fsp3) is 0.205. The summed E-state index contributed by atoms with van der Waals surface area (Å²) in [7, 11) is -6.83. The number of aliphatic imine (C=N–C) groups is 1. The SMILES string of the molecule is COC1=CC(=C(c2ccc(Nc3c(C)cc(C)cc3C)c(OC)c2)c2ccc(S(=O)(=O)O)cc2S(=O)(=O)O)C=CC1=Nc1c(C)cc(C)cc1C. The number of benzene rings is 4.